The van der Waals surface area contributed by atoms with E-state index < -0.39 is 12.4 Å². The van der Waals surface area contributed by atoms with Crippen molar-refractivity contribution in [2.75, 3.05) is 0 Å². The van der Waals surface area contributed by atoms with Crippen LogP contribution in [0.15, 0.2) is 60.8 Å². The van der Waals surface area contributed by atoms with E-state index in [1.165, 1.54) is 12.1 Å². The first-order chi connectivity index (χ1) is 10.5. The summed E-state index contributed by atoms with van der Waals surface area (Å²) in [6, 6.07) is 14.4. The maximum Gasteiger partial charge on any atom is 1.00 e. The van der Waals surface area contributed by atoms with Crippen LogP contribution in [0.25, 0.3) is 10.9 Å². The summed E-state index contributed by atoms with van der Waals surface area (Å²) in [5.41, 5.74) is 1.09. The Morgan fingerprint density at radius 1 is 0.957 bits per heavy atom. The fourth-order valence-corrected chi connectivity index (χ4v) is 2.19. The average molecular weight is 341 g/mol. The van der Waals surface area contributed by atoms with Crippen molar-refractivity contribution in [1.82, 2.24) is 4.98 Å². The van der Waals surface area contributed by atoms with Crippen LogP contribution in [0.4, 0.5) is 12.9 Å². The second-order valence-corrected chi connectivity index (χ2v) is 4.97. The van der Waals surface area contributed by atoms with E-state index >= 15 is 0 Å². The van der Waals surface area contributed by atoms with Crippen molar-refractivity contribution >= 4 is 23.3 Å². The number of pyridine rings is 1. The summed E-state index contributed by atoms with van der Waals surface area (Å²) in [5.74, 6) is 0.211. The van der Waals surface area contributed by atoms with Crippen molar-refractivity contribution < 1.29 is 69.1 Å². The molecule has 0 fully saturated rings. The van der Waals surface area contributed by atoms with Gasteiger partial charge in [0.25, 0.3) is 0 Å². The molecule has 0 amide bonds. The molecule has 3 rings (SSSR count). The molecule has 0 unspecified atom stereocenters. The molecule has 1 aromatic heterocycles. The first-order valence-corrected chi connectivity index (χ1v) is 6.79. The van der Waals surface area contributed by atoms with Crippen molar-refractivity contribution in [2.24, 2.45) is 0 Å². The smallest absolute Gasteiger partial charge is 0.489 e. The second-order valence-electron chi connectivity index (χ2n) is 4.97. The number of halogens is 3. The molecule has 1 heterocycles. The molecule has 0 saturated heterocycles. The Morgan fingerprint density at radius 2 is 1.78 bits per heavy atom. The van der Waals surface area contributed by atoms with Gasteiger partial charge >= 0.3 is 58.4 Å². The largest absolute Gasteiger partial charge is 1.00 e. The van der Waals surface area contributed by atoms with Crippen LogP contribution in [-0.4, -0.2) is 12.0 Å². The van der Waals surface area contributed by atoms with Gasteiger partial charge in [0.05, 0.1) is 5.52 Å². The van der Waals surface area contributed by atoms with Crippen molar-refractivity contribution in [1.29, 1.82) is 0 Å². The SMILES string of the molecule is F[B-](F)(F)c1cccc(OCc2ccc3ncccc3c2)c1.[K+]. The molecule has 0 atom stereocenters. The topological polar surface area (TPSA) is 22.1 Å². The van der Waals surface area contributed by atoms with E-state index in [0.29, 0.717) is 0 Å². The Balaban J connectivity index is 0.00000192. The minimum absolute atomic E-state index is 0. The summed E-state index contributed by atoms with van der Waals surface area (Å²) in [6.07, 6.45) is 1.71. The van der Waals surface area contributed by atoms with Crippen LogP contribution in [0.2, 0.25) is 0 Å². The molecule has 3 aromatic rings. The normalized spacial score (nSPS) is 11.1. The fourth-order valence-electron chi connectivity index (χ4n) is 2.19. The summed E-state index contributed by atoms with van der Waals surface area (Å²) >= 11 is 0. The van der Waals surface area contributed by atoms with E-state index in [0.717, 1.165) is 28.6 Å². The quantitative estimate of drug-likeness (QED) is 0.657. The standard InChI is InChI=1S/C16H12BF3NO.K/c18-17(19,20)14-4-1-5-15(10-14)22-11-12-6-7-16-13(9-12)3-2-8-21-16;/h1-10H,11H2;/q-1;+1. The van der Waals surface area contributed by atoms with Crippen LogP contribution in [0, 0.1) is 0 Å². The molecule has 0 saturated carbocycles. The molecule has 0 aliphatic rings. The van der Waals surface area contributed by atoms with Crippen LogP contribution in [0.5, 0.6) is 5.75 Å². The third-order valence-electron chi connectivity index (χ3n) is 3.31. The minimum atomic E-state index is -5.01. The van der Waals surface area contributed by atoms with Gasteiger partial charge in [-0.05, 0) is 35.9 Å². The van der Waals surface area contributed by atoms with Gasteiger partial charge in [-0.3, -0.25) is 4.98 Å². The molecule has 7 heteroatoms. The zero-order valence-corrected chi connectivity index (χ0v) is 15.7. The number of fused-ring (bicyclic) bond motifs is 1. The molecular weight excluding hydrogens is 329 g/mol. The molecule has 2 aromatic carbocycles. The Bertz CT molecular complexity index is 810. The molecule has 0 aliphatic carbocycles. The number of ether oxygens (including phenoxy) is 1. The van der Waals surface area contributed by atoms with Crippen LogP contribution >= 0.6 is 0 Å². The van der Waals surface area contributed by atoms with Gasteiger partial charge in [-0.2, -0.15) is 0 Å². The molecule has 2 nitrogen and oxygen atoms in total. The first-order valence-electron chi connectivity index (χ1n) is 6.79. The minimum Gasteiger partial charge on any atom is -0.489 e. The van der Waals surface area contributed by atoms with Crippen molar-refractivity contribution in [3.63, 3.8) is 0 Å². The van der Waals surface area contributed by atoms with Gasteiger partial charge < -0.3 is 17.7 Å². The molecule has 0 spiro atoms. The Morgan fingerprint density at radius 3 is 2.57 bits per heavy atom. The summed E-state index contributed by atoms with van der Waals surface area (Å²) in [5, 5.41) is 0.968. The van der Waals surface area contributed by atoms with Crippen molar-refractivity contribution in [2.45, 2.75) is 6.61 Å². The van der Waals surface area contributed by atoms with Crippen LogP contribution in [0.3, 0.4) is 0 Å². The summed E-state index contributed by atoms with van der Waals surface area (Å²) in [7, 11) is 0. The predicted molar refractivity (Wildman–Crippen MR) is 81.2 cm³/mol. The number of rotatable bonds is 4. The van der Waals surface area contributed by atoms with Gasteiger partial charge in [-0.15, -0.1) is 5.46 Å². The van der Waals surface area contributed by atoms with Crippen LogP contribution in [0.1, 0.15) is 5.56 Å². The number of hydrogen-bond donors (Lipinski definition) is 0. The second kappa shape index (κ2) is 7.81. The summed E-state index contributed by atoms with van der Waals surface area (Å²) in [6.45, 7) is -4.80. The molecule has 23 heavy (non-hydrogen) atoms. The fraction of sp³-hybridized carbons (Fsp3) is 0.0625. The van der Waals surface area contributed by atoms with Crippen LogP contribution in [-0.2, 0) is 6.61 Å². The van der Waals surface area contributed by atoms with E-state index in [1.54, 1.807) is 6.20 Å². The molecule has 0 radical (unpaired) electrons. The molecular formula is C16H12BF3KNO. The Labute approximate surface area is 174 Å². The van der Waals surface area contributed by atoms with E-state index in [9.17, 15) is 12.9 Å². The van der Waals surface area contributed by atoms with E-state index in [2.05, 4.69) is 4.98 Å². The van der Waals surface area contributed by atoms with Gasteiger partial charge in [0.1, 0.15) is 12.4 Å². The van der Waals surface area contributed by atoms with E-state index in [-0.39, 0.29) is 63.7 Å². The number of aromatic nitrogens is 1. The van der Waals surface area contributed by atoms with E-state index in [4.69, 9.17) is 4.74 Å². The summed E-state index contributed by atoms with van der Waals surface area (Å²) in [4.78, 5) is 4.22. The molecule has 0 N–H and O–H groups in total. The Hall–Kier alpha value is -0.859. The summed E-state index contributed by atoms with van der Waals surface area (Å²) < 4.78 is 43.6. The number of nitrogens with zero attached hydrogens (tertiary/aromatic N) is 1. The predicted octanol–water partition coefficient (Wildman–Crippen LogP) is 0.872. The zero-order chi connectivity index (χ0) is 15.6. The average Bonchev–Trinajstić information content (AvgIpc) is 2.52. The van der Waals surface area contributed by atoms with Gasteiger partial charge in [0, 0.05) is 11.6 Å². The van der Waals surface area contributed by atoms with Gasteiger partial charge in [-0.25, -0.2) is 0 Å². The van der Waals surface area contributed by atoms with E-state index in [1.807, 2.05) is 30.3 Å². The first kappa shape index (κ1) is 18.5. The maximum atomic E-state index is 12.7. The third kappa shape index (κ3) is 4.81. The monoisotopic (exact) mass is 341 g/mol. The Kier molecular flexibility index (Phi) is 6.27. The van der Waals surface area contributed by atoms with Crippen molar-refractivity contribution in [3.05, 3.63) is 66.4 Å². The number of hydrogen-bond acceptors (Lipinski definition) is 2. The molecule has 112 valence electrons. The number of benzene rings is 2. The zero-order valence-electron chi connectivity index (χ0n) is 12.5. The van der Waals surface area contributed by atoms with Gasteiger partial charge in [0.15, 0.2) is 0 Å². The van der Waals surface area contributed by atoms with Gasteiger partial charge in [0.2, 0.25) is 0 Å². The maximum absolute atomic E-state index is 12.7. The van der Waals surface area contributed by atoms with Gasteiger partial charge in [-0.1, -0.05) is 24.3 Å². The van der Waals surface area contributed by atoms with Crippen LogP contribution < -0.4 is 61.6 Å². The molecule has 0 aliphatic heterocycles. The third-order valence-corrected chi connectivity index (χ3v) is 3.31. The van der Waals surface area contributed by atoms with Crippen molar-refractivity contribution in [3.8, 4) is 5.75 Å². The molecule has 0 bridgehead atoms.